The first-order valence-corrected chi connectivity index (χ1v) is 10.2. The number of piperidine rings is 1. The Morgan fingerprint density at radius 1 is 1.33 bits per heavy atom. The van der Waals surface area contributed by atoms with Crippen molar-refractivity contribution < 1.29 is 9.53 Å². The molecule has 0 N–H and O–H groups in total. The smallest absolute Gasteiger partial charge is 0.153 e. The summed E-state index contributed by atoms with van der Waals surface area (Å²) in [6, 6.07) is 6.39. The van der Waals surface area contributed by atoms with Crippen LogP contribution in [0.4, 0.5) is 0 Å². The van der Waals surface area contributed by atoms with Gasteiger partial charge in [0, 0.05) is 35.9 Å². The van der Waals surface area contributed by atoms with Gasteiger partial charge in [0.1, 0.15) is 6.10 Å². The highest BCUT2D eigenvalue weighted by atomic mass is 35.5. The van der Waals surface area contributed by atoms with Gasteiger partial charge in [0.15, 0.2) is 6.29 Å². The van der Waals surface area contributed by atoms with Crippen LogP contribution in [0.15, 0.2) is 24.4 Å². The van der Waals surface area contributed by atoms with E-state index in [0.29, 0.717) is 11.1 Å². The molecule has 1 aliphatic carbocycles. The molecule has 2 aromatic rings. The number of aldehydes is 1. The van der Waals surface area contributed by atoms with Crippen molar-refractivity contribution in [2.45, 2.75) is 56.9 Å². The van der Waals surface area contributed by atoms with Gasteiger partial charge in [-0.1, -0.05) is 17.7 Å². The van der Waals surface area contributed by atoms with Crippen molar-refractivity contribution in [1.29, 1.82) is 0 Å². The molecule has 0 radical (unpaired) electrons. The lowest BCUT2D eigenvalue weighted by molar-refractivity contribution is -0.137. The molecule has 5 rings (SSSR count). The maximum absolute atomic E-state index is 11.5. The number of rotatable bonds is 4. The Labute approximate surface area is 164 Å². The van der Waals surface area contributed by atoms with Crippen molar-refractivity contribution in [2.75, 3.05) is 13.1 Å². The van der Waals surface area contributed by atoms with Crippen LogP contribution in [0.3, 0.4) is 0 Å². The molecule has 3 heterocycles. The molecular formula is C21H24ClN3O2. The Balaban J connectivity index is 1.32. The summed E-state index contributed by atoms with van der Waals surface area (Å²) in [5.74, 6) is 0. The molecule has 0 amide bonds. The van der Waals surface area contributed by atoms with E-state index in [4.69, 9.17) is 16.3 Å². The van der Waals surface area contributed by atoms with E-state index < -0.39 is 6.10 Å². The molecule has 0 bridgehead atoms. The van der Waals surface area contributed by atoms with Crippen molar-refractivity contribution in [3.05, 3.63) is 51.8 Å². The van der Waals surface area contributed by atoms with E-state index in [1.807, 2.05) is 24.4 Å². The summed E-state index contributed by atoms with van der Waals surface area (Å²) in [4.78, 5) is 14.0. The highest BCUT2D eigenvalue weighted by Gasteiger charge is 2.46. The first-order chi connectivity index (χ1) is 13.1. The first kappa shape index (κ1) is 17.4. The molecule has 6 heteroatoms. The molecule has 142 valence electrons. The molecule has 1 spiro atoms. The summed E-state index contributed by atoms with van der Waals surface area (Å²) in [5, 5.41) is 5.29. The average molecular weight is 386 g/mol. The van der Waals surface area contributed by atoms with Gasteiger partial charge in [0.05, 0.1) is 17.8 Å². The molecule has 1 atom stereocenters. The van der Waals surface area contributed by atoms with Gasteiger partial charge in [0.25, 0.3) is 0 Å². The summed E-state index contributed by atoms with van der Waals surface area (Å²) in [5.41, 5.74) is 4.32. The molecule has 1 unspecified atom stereocenters. The maximum Gasteiger partial charge on any atom is 0.153 e. The van der Waals surface area contributed by atoms with Gasteiger partial charge in [-0.05, 0) is 55.9 Å². The number of likely N-dealkylation sites (tertiary alicyclic amines) is 1. The van der Waals surface area contributed by atoms with Gasteiger partial charge >= 0.3 is 0 Å². The number of carbonyl (C=O) groups excluding carboxylic acids is 1. The van der Waals surface area contributed by atoms with Gasteiger partial charge in [-0.3, -0.25) is 9.58 Å². The Morgan fingerprint density at radius 2 is 2.11 bits per heavy atom. The zero-order valence-electron chi connectivity index (χ0n) is 15.5. The molecule has 5 nitrogen and oxygen atoms in total. The van der Waals surface area contributed by atoms with Crippen molar-refractivity contribution in [3.8, 4) is 0 Å². The van der Waals surface area contributed by atoms with E-state index >= 15 is 0 Å². The molecule has 1 aromatic carbocycles. The highest BCUT2D eigenvalue weighted by Crippen LogP contribution is 2.49. The third-order valence-corrected chi connectivity index (χ3v) is 6.62. The average Bonchev–Trinajstić information content (AvgIpc) is 3.40. The van der Waals surface area contributed by atoms with E-state index in [9.17, 15) is 4.79 Å². The fourth-order valence-electron chi connectivity index (χ4n) is 4.64. The fourth-order valence-corrected chi connectivity index (χ4v) is 4.82. The number of hydrogen-bond acceptors (Lipinski definition) is 4. The second-order valence-electron chi connectivity index (χ2n) is 8.11. The second kappa shape index (κ2) is 6.43. The second-order valence-corrected chi connectivity index (χ2v) is 8.54. The molecule has 27 heavy (non-hydrogen) atoms. The molecule has 1 saturated carbocycles. The SMILES string of the molecule is Cc1c(CN2CCC3(CC2)OC(C=O)c2ccc(Cl)cc23)cnn1C1CC1. The number of carbonyl (C=O) groups is 1. The minimum atomic E-state index is -0.470. The van der Waals surface area contributed by atoms with Crippen LogP contribution in [-0.2, 0) is 21.7 Å². The largest absolute Gasteiger partial charge is 0.355 e. The fraction of sp³-hybridized carbons (Fsp3) is 0.524. The summed E-state index contributed by atoms with van der Waals surface area (Å²) in [6.45, 7) is 4.98. The van der Waals surface area contributed by atoms with Crippen LogP contribution in [0.25, 0.3) is 0 Å². The van der Waals surface area contributed by atoms with E-state index in [2.05, 4.69) is 21.6 Å². The van der Waals surface area contributed by atoms with E-state index in [1.165, 1.54) is 24.1 Å². The maximum atomic E-state index is 11.5. The Morgan fingerprint density at radius 3 is 2.81 bits per heavy atom. The normalized spacial score (nSPS) is 24.3. The summed E-state index contributed by atoms with van der Waals surface area (Å²) >= 11 is 6.24. The zero-order chi connectivity index (χ0) is 18.6. The summed E-state index contributed by atoms with van der Waals surface area (Å²) in [6.07, 6.45) is 6.73. The summed E-state index contributed by atoms with van der Waals surface area (Å²) < 4.78 is 8.45. The van der Waals surface area contributed by atoms with Gasteiger partial charge in [-0.2, -0.15) is 5.10 Å². The minimum absolute atomic E-state index is 0.379. The molecule has 2 aliphatic heterocycles. The number of benzene rings is 1. The standard InChI is InChI=1S/C21H24ClN3O2/c1-14-15(11-23-25(14)17-3-4-17)12-24-8-6-21(7-9-24)19-10-16(22)2-5-18(19)20(13-26)27-21/h2,5,10-11,13,17,20H,3-4,6-9,12H2,1H3. The number of halogens is 1. The number of aromatic nitrogens is 2. The number of hydrogen-bond donors (Lipinski definition) is 0. The Kier molecular flexibility index (Phi) is 4.15. The molecule has 3 aliphatic rings. The quantitative estimate of drug-likeness (QED) is 0.748. The van der Waals surface area contributed by atoms with Crippen LogP contribution < -0.4 is 0 Å². The predicted molar refractivity (Wildman–Crippen MR) is 103 cm³/mol. The van der Waals surface area contributed by atoms with Crippen LogP contribution in [0, 0.1) is 6.92 Å². The van der Waals surface area contributed by atoms with Gasteiger partial charge < -0.3 is 9.53 Å². The third kappa shape index (κ3) is 2.93. The Hall–Kier alpha value is -1.69. The predicted octanol–water partition coefficient (Wildman–Crippen LogP) is 3.94. The van der Waals surface area contributed by atoms with E-state index in [0.717, 1.165) is 49.9 Å². The topological polar surface area (TPSA) is 47.4 Å². The molecule has 1 saturated heterocycles. The van der Waals surface area contributed by atoms with E-state index in [1.54, 1.807) is 0 Å². The highest BCUT2D eigenvalue weighted by molar-refractivity contribution is 6.30. The van der Waals surface area contributed by atoms with Gasteiger partial charge in [-0.25, -0.2) is 0 Å². The number of fused-ring (bicyclic) bond motifs is 2. The van der Waals surface area contributed by atoms with Crippen molar-refractivity contribution in [3.63, 3.8) is 0 Å². The summed E-state index contributed by atoms with van der Waals surface area (Å²) in [7, 11) is 0. The third-order valence-electron chi connectivity index (χ3n) is 6.39. The van der Waals surface area contributed by atoms with Gasteiger partial charge in [0.2, 0.25) is 0 Å². The molecule has 1 aromatic heterocycles. The van der Waals surface area contributed by atoms with Crippen LogP contribution in [0.5, 0.6) is 0 Å². The Bertz CT molecular complexity index is 882. The van der Waals surface area contributed by atoms with Crippen LogP contribution in [-0.4, -0.2) is 34.1 Å². The minimum Gasteiger partial charge on any atom is -0.355 e. The first-order valence-electron chi connectivity index (χ1n) is 9.78. The monoisotopic (exact) mass is 385 g/mol. The van der Waals surface area contributed by atoms with Crippen LogP contribution >= 0.6 is 11.6 Å². The van der Waals surface area contributed by atoms with Crippen LogP contribution in [0.1, 0.15) is 60.2 Å². The van der Waals surface area contributed by atoms with Crippen molar-refractivity contribution in [1.82, 2.24) is 14.7 Å². The number of ether oxygens (including phenoxy) is 1. The zero-order valence-corrected chi connectivity index (χ0v) is 16.3. The molecular weight excluding hydrogens is 362 g/mol. The van der Waals surface area contributed by atoms with Crippen molar-refractivity contribution in [2.24, 2.45) is 0 Å². The van der Waals surface area contributed by atoms with Crippen LogP contribution in [0.2, 0.25) is 5.02 Å². The molecule has 2 fully saturated rings. The number of nitrogens with zero attached hydrogens (tertiary/aromatic N) is 3. The lowest BCUT2D eigenvalue weighted by Gasteiger charge is -2.39. The van der Waals surface area contributed by atoms with Gasteiger partial charge in [-0.15, -0.1) is 0 Å². The lowest BCUT2D eigenvalue weighted by atomic mass is 9.83. The lowest BCUT2D eigenvalue weighted by Crippen LogP contribution is -2.42. The van der Waals surface area contributed by atoms with Crippen molar-refractivity contribution >= 4 is 17.9 Å². The van der Waals surface area contributed by atoms with E-state index in [-0.39, 0.29) is 5.60 Å².